The zero-order valence-corrected chi connectivity index (χ0v) is 9.95. The van der Waals surface area contributed by atoms with Crippen molar-refractivity contribution in [2.45, 2.75) is 13.0 Å². The molecule has 1 saturated heterocycles. The number of carboxylic acid groups (broad SMARTS) is 1. The number of benzene rings is 1. The SMILES string of the molecule is O=C(O)CC1CN(Cc2cccc(Cl)c2F)C1. The standard InChI is InChI=1S/C12H13ClFNO2/c13-10-3-1-2-9(12(10)14)7-15-5-8(6-15)4-11(16)17/h1-3,8H,4-7H2,(H,16,17). The smallest absolute Gasteiger partial charge is 0.303 e. The second-order valence-electron chi connectivity index (χ2n) is 4.37. The number of hydrogen-bond acceptors (Lipinski definition) is 2. The van der Waals surface area contributed by atoms with Crippen LogP contribution in [0.15, 0.2) is 18.2 Å². The second-order valence-corrected chi connectivity index (χ2v) is 4.78. The third kappa shape index (κ3) is 2.96. The normalized spacial score (nSPS) is 16.8. The quantitative estimate of drug-likeness (QED) is 0.900. The lowest BCUT2D eigenvalue weighted by atomic mass is 9.96. The molecule has 2 rings (SSSR count). The maximum Gasteiger partial charge on any atom is 0.303 e. The van der Waals surface area contributed by atoms with Crippen LogP contribution >= 0.6 is 11.6 Å². The third-order valence-electron chi connectivity index (χ3n) is 2.92. The minimum Gasteiger partial charge on any atom is -0.481 e. The van der Waals surface area contributed by atoms with Crippen molar-refractivity contribution in [3.05, 3.63) is 34.6 Å². The van der Waals surface area contributed by atoms with Crippen LogP contribution < -0.4 is 0 Å². The summed E-state index contributed by atoms with van der Waals surface area (Å²) in [5.41, 5.74) is 0.561. The topological polar surface area (TPSA) is 40.5 Å². The summed E-state index contributed by atoms with van der Waals surface area (Å²) >= 11 is 5.68. The zero-order chi connectivity index (χ0) is 12.4. The van der Waals surface area contributed by atoms with Crippen LogP contribution in [0.1, 0.15) is 12.0 Å². The van der Waals surface area contributed by atoms with E-state index in [2.05, 4.69) is 0 Å². The predicted octanol–water partition coefficient (Wildman–Crippen LogP) is 2.39. The monoisotopic (exact) mass is 257 g/mol. The molecule has 5 heteroatoms. The van der Waals surface area contributed by atoms with Crippen LogP contribution in [0.5, 0.6) is 0 Å². The van der Waals surface area contributed by atoms with Gasteiger partial charge in [-0.3, -0.25) is 9.69 Å². The zero-order valence-electron chi connectivity index (χ0n) is 9.20. The molecule has 0 spiro atoms. The summed E-state index contributed by atoms with van der Waals surface area (Å²) in [6.45, 7) is 1.90. The minimum absolute atomic E-state index is 0.130. The minimum atomic E-state index is -0.774. The first-order valence-electron chi connectivity index (χ1n) is 5.43. The van der Waals surface area contributed by atoms with E-state index in [-0.39, 0.29) is 23.2 Å². The molecule has 3 nitrogen and oxygen atoms in total. The van der Waals surface area contributed by atoms with Gasteiger partial charge in [-0.05, 0) is 12.0 Å². The van der Waals surface area contributed by atoms with Crippen molar-refractivity contribution < 1.29 is 14.3 Å². The Morgan fingerprint density at radius 3 is 2.88 bits per heavy atom. The van der Waals surface area contributed by atoms with Crippen LogP contribution in [0.25, 0.3) is 0 Å². The van der Waals surface area contributed by atoms with Gasteiger partial charge in [0.25, 0.3) is 0 Å². The van der Waals surface area contributed by atoms with Gasteiger partial charge in [-0.2, -0.15) is 0 Å². The molecule has 0 bridgehead atoms. The first kappa shape index (κ1) is 12.3. The van der Waals surface area contributed by atoms with Crippen LogP contribution in [-0.2, 0) is 11.3 Å². The summed E-state index contributed by atoms with van der Waals surface area (Å²) in [5.74, 6) is -0.964. The van der Waals surface area contributed by atoms with Crippen LogP contribution in [0.3, 0.4) is 0 Å². The van der Waals surface area contributed by atoms with Gasteiger partial charge < -0.3 is 5.11 Å². The van der Waals surface area contributed by atoms with E-state index in [1.54, 1.807) is 12.1 Å². The van der Waals surface area contributed by atoms with E-state index in [9.17, 15) is 9.18 Å². The molecule has 0 amide bonds. The van der Waals surface area contributed by atoms with Crippen LogP contribution in [0.2, 0.25) is 5.02 Å². The Kier molecular flexibility index (Phi) is 3.64. The number of rotatable bonds is 4. The van der Waals surface area contributed by atoms with Crippen molar-refractivity contribution in [3.63, 3.8) is 0 Å². The molecular weight excluding hydrogens is 245 g/mol. The Morgan fingerprint density at radius 1 is 1.53 bits per heavy atom. The first-order chi connectivity index (χ1) is 8.06. The molecule has 0 unspecified atom stereocenters. The molecule has 17 heavy (non-hydrogen) atoms. The highest BCUT2D eigenvalue weighted by atomic mass is 35.5. The Bertz CT molecular complexity index is 433. The molecule has 1 heterocycles. The highest BCUT2D eigenvalue weighted by molar-refractivity contribution is 6.30. The van der Waals surface area contributed by atoms with Gasteiger partial charge in [0, 0.05) is 25.2 Å². The highest BCUT2D eigenvalue weighted by Crippen LogP contribution is 2.24. The molecule has 92 valence electrons. The summed E-state index contributed by atoms with van der Waals surface area (Å²) < 4.78 is 13.6. The maximum absolute atomic E-state index is 13.6. The number of nitrogens with zero attached hydrogens (tertiary/aromatic N) is 1. The molecule has 1 aliphatic heterocycles. The lowest BCUT2D eigenvalue weighted by molar-refractivity contribution is -0.139. The molecule has 0 saturated carbocycles. The van der Waals surface area contributed by atoms with Gasteiger partial charge in [0.05, 0.1) is 11.4 Å². The summed E-state index contributed by atoms with van der Waals surface area (Å²) in [7, 11) is 0. The van der Waals surface area contributed by atoms with E-state index in [1.807, 2.05) is 4.90 Å². The van der Waals surface area contributed by atoms with E-state index in [0.29, 0.717) is 25.2 Å². The van der Waals surface area contributed by atoms with Crippen molar-refractivity contribution in [1.29, 1.82) is 0 Å². The van der Waals surface area contributed by atoms with Gasteiger partial charge in [-0.15, -0.1) is 0 Å². The molecule has 1 aliphatic rings. The Morgan fingerprint density at radius 2 is 2.24 bits per heavy atom. The third-order valence-corrected chi connectivity index (χ3v) is 3.21. The van der Waals surface area contributed by atoms with E-state index < -0.39 is 5.97 Å². The largest absolute Gasteiger partial charge is 0.481 e. The van der Waals surface area contributed by atoms with Crippen molar-refractivity contribution in [3.8, 4) is 0 Å². The van der Waals surface area contributed by atoms with Crippen molar-refractivity contribution in [2.75, 3.05) is 13.1 Å². The van der Waals surface area contributed by atoms with Crippen LogP contribution in [0.4, 0.5) is 4.39 Å². The van der Waals surface area contributed by atoms with Crippen molar-refractivity contribution in [1.82, 2.24) is 4.90 Å². The van der Waals surface area contributed by atoms with Crippen LogP contribution in [0, 0.1) is 11.7 Å². The Hall–Kier alpha value is -1.13. The van der Waals surface area contributed by atoms with Gasteiger partial charge >= 0.3 is 5.97 Å². The molecule has 1 fully saturated rings. The van der Waals surface area contributed by atoms with Crippen molar-refractivity contribution >= 4 is 17.6 Å². The van der Waals surface area contributed by atoms with Gasteiger partial charge in [0.2, 0.25) is 0 Å². The van der Waals surface area contributed by atoms with E-state index in [0.717, 1.165) is 0 Å². The molecular formula is C12H13ClFNO2. The summed E-state index contributed by atoms with van der Waals surface area (Å²) in [6.07, 6.45) is 0.189. The molecule has 1 N–H and O–H groups in total. The Labute approximate surface area is 104 Å². The summed E-state index contributed by atoms with van der Waals surface area (Å²) in [6, 6.07) is 4.94. The lowest BCUT2D eigenvalue weighted by Gasteiger charge is -2.38. The van der Waals surface area contributed by atoms with Gasteiger partial charge in [0.15, 0.2) is 0 Å². The molecule has 0 aromatic heterocycles. The van der Waals surface area contributed by atoms with E-state index in [1.165, 1.54) is 6.07 Å². The number of hydrogen-bond donors (Lipinski definition) is 1. The van der Waals surface area contributed by atoms with Gasteiger partial charge in [-0.25, -0.2) is 4.39 Å². The summed E-state index contributed by atoms with van der Waals surface area (Å²) in [5, 5.41) is 8.74. The molecule has 0 atom stereocenters. The number of carboxylic acids is 1. The van der Waals surface area contributed by atoms with Gasteiger partial charge in [0.1, 0.15) is 5.82 Å². The lowest BCUT2D eigenvalue weighted by Crippen LogP contribution is -2.46. The predicted molar refractivity (Wildman–Crippen MR) is 62.4 cm³/mol. The number of carbonyl (C=O) groups is 1. The summed E-state index contributed by atoms with van der Waals surface area (Å²) in [4.78, 5) is 12.5. The molecule has 1 aromatic carbocycles. The van der Waals surface area contributed by atoms with E-state index in [4.69, 9.17) is 16.7 Å². The first-order valence-corrected chi connectivity index (χ1v) is 5.81. The van der Waals surface area contributed by atoms with Crippen LogP contribution in [-0.4, -0.2) is 29.1 Å². The fourth-order valence-electron chi connectivity index (χ4n) is 2.09. The van der Waals surface area contributed by atoms with Crippen molar-refractivity contribution in [2.24, 2.45) is 5.92 Å². The maximum atomic E-state index is 13.6. The highest BCUT2D eigenvalue weighted by Gasteiger charge is 2.28. The second kappa shape index (κ2) is 5.02. The fraction of sp³-hybridized carbons (Fsp3) is 0.417. The number of aliphatic carboxylic acids is 1. The fourth-order valence-corrected chi connectivity index (χ4v) is 2.29. The molecule has 0 aliphatic carbocycles. The average Bonchev–Trinajstić information content (AvgIpc) is 2.20. The van der Waals surface area contributed by atoms with Gasteiger partial charge in [-0.1, -0.05) is 23.7 Å². The molecule has 0 radical (unpaired) electrons. The number of likely N-dealkylation sites (tertiary alicyclic amines) is 1. The molecule has 1 aromatic rings. The number of halogens is 2. The average molecular weight is 258 g/mol. The Balaban J connectivity index is 1.88. The van der Waals surface area contributed by atoms with E-state index >= 15 is 0 Å².